The van der Waals surface area contributed by atoms with Crippen molar-refractivity contribution in [1.82, 2.24) is 10.6 Å². The Morgan fingerprint density at radius 3 is 2.95 bits per heavy atom. The van der Waals surface area contributed by atoms with Gasteiger partial charge in [0.15, 0.2) is 0 Å². The number of para-hydroxylation sites is 1. The molecule has 0 radical (unpaired) electrons. The Labute approximate surface area is 119 Å². The van der Waals surface area contributed by atoms with E-state index in [-0.39, 0.29) is 30.3 Å². The zero-order valence-corrected chi connectivity index (χ0v) is 11.5. The van der Waals surface area contributed by atoms with Crippen LogP contribution in [0.3, 0.4) is 0 Å². The SMILES string of the molecule is Cl.O=C(NC1CCOc2ccccc21)C1CCNC1. The molecule has 0 spiro atoms. The fourth-order valence-corrected chi connectivity index (χ4v) is 2.66. The molecule has 0 aromatic heterocycles. The first-order valence-electron chi connectivity index (χ1n) is 6.57. The molecule has 3 rings (SSSR count). The number of ether oxygens (including phenoxy) is 1. The van der Waals surface area contributed by atoms with E-state index in [9.17, 15) is 4.79 Å². The van der Waals surface area contributed by atoms with Gasteiger partial charge in [-0.25, -0.2) is 0 Å². The van der Waals surface area contributed by atoms with Crippen LogP contribution in [0.5, 0.6) is 5.75 Å². The smallest absolute Gasteiger partial charge is 0.224 e. The highest BCUT2D eigenvalue weighted by molar-refractivity contribution is 5.85. The van der Waals surface area contributed by atoms with Crippen molar-refractivity contribution < 1.29 is 9.53 Å². The summed E-state index contributed by atoms with van der Waals surface area (Å²) in [6.07, 6.45) is 1.79. The first kappa shape index (κ1) is 14.2. The number of halogens is 1. The van der Waals surface area contributed by atoms with Crippen LogP contribution in [-0.4, -0.2) is 25.6 Å². The lowest BCUT2D eigenvalue weighted by molar-refractivity contribution is -0.125. The van der Waals surface area contributed by atoms with Gasteiger partial charge in [0.05, 0.1) is 18.6 Å². The average molecular weight is 283 g/mol. The van der Waals surface area contributed by atoms with Crippen LogP contribution in [0, 0.1) is 5.92 Å². The molecular weight excluding hydrogens is 264 g/mol. The van der Waals surface area contributed by atoms with E-state index in [2.05, 4.69) is 10.6 Å². The van der Waals surface area contributed by atoms with E-state index in [4.69, 9.17) is 4.74 Å². The summed E-state index contributed by atoms with van der Waals surface area (Å²) in [4.78, 5) is 12.1. The van der Waals surface area contributed by atoms with Crippen LogP contribution in [0.2, 0.25) is 0 Å². The number of hydrogen-bond acceptors (Lipinski definition) is 3. The second-order valence-electron chi connectivity index (χ2n) is 4.93. The van der Waals surface area contributed by atoms with E-state index in [1.807, 2.05) is 24.3 Å². The molecular formula is C14H19ClN2O2. The molecule has 0 saturated carbocycles. The highest BCUT2D eigenvalue weighted by Crippen LogP contribution is 2.31. The van der Waals surface area contributed by atoms with Gasteiger partial charge in [-0.15, -0.1) is 12.4 Å². The van der Waals surface area contributed by atoms with Gasteiger partial charge in [-0.1, -0.05) is 18.2 Å². The van der Waals surface area contributed by atoms with E-state index in [0.29, 0.717) is 6.61 Å². The summed E-state index contributed by atoms with van der Waals surface area (Å²) in [7, 11) is 0. The maximum absolute atomic E-state index is 12.1. The number of nitrogens with one attached hydrogen (secondary N) is 2. The zero-order chi connectivity index (χ0) is 12.4. The van der Waals surface area contributed by atoms with Gasteiger partial charge in [0.1, 0.15) is 5.75 Å². The minimum absolute atomic E-state index is 0. The number of amides is 1. The fraction of sp³-hybridized carbons (Fsp3) is 0.500. The lowest BCUT2D eigenvalue weighted by Crippen LogP contribution is -2.37. The van der Waals surface area contributed by atoms with Crippen molar-refractivity contribution in [1.29, 1.82) is 0 Å². The van der Waals surface area contributed by atoms with E-state index in [1.165, 1.54) is 0 Å². The summed E-state index contributed by atoms with van der Waals surface area (Å²) < 4.78 is 5.60. The number of carbonyl (C=O) groups is 1. The monoisotopic (exact) mass is 282 g/mol. The second-order valence-corrected chi connectivity index (χ2v) is 4.93. The maximum atomic E-state index is 12.1. The Balaban J connectivity index is 0.00000133. The Hall–Kier alpha value is -1.26. The van der Waals surface area contributed by atoms with Crippen LogP contribution in [-0.2, 0) is 4.79 Å². The number of carbonyl (C=O) groups excluding carboxylic acids is 1. The molecule has 2 heterocycles. The third kappa shape index (κ3) is 3.01. The predicted octanol–water partition coefficient (Wildman–Crippen LogP) is 1.66. The van der Waals surface area contributed by atoms with Crippen molar-refractivity contribution in [3.63, 3.8) is 0 Å². The molecule has 1 amide bonds. The van der Waals surface area contributed by atoms with Crippen molar-refractivity contribution in [2.75, 3.05) is 19.7 Å². The molecule has 2 atom stereocenters. The van der Waals surface area contributed by atoms with Gasteiger partial charge >= 0.3 is 0 Å². The van der Waals surface area contributed by atoms with E-state index in [0.717, 1.165) is 37.2 Å². The fourth-order valence-electron chi connectivity index (χ4n) is 2.66. The van der Waals surface area contributed by atoms with Gasteiger partial charge in [0, 0.05) is 18.5 Å². The summed E-state index contributed by atoms with van der Waals surface area (Å²) in [6.45, 7) is 2.42. The van der Waals surface area contributed by atoms with Crippen LogP contribution >= 0.6 is 12.4 Å². The minimum atomic E-state index is 0. The molecule has 19 heavy (non-hydrogen) atoms. The van der Waals surface area contributed by atoms with Gasteiger partial charge in [0.25, 0.3) is 0 Å². The Morgan fingerprint density at radius 1 is 1.32 bits per heavy atom. The molecule has 1 aromatic carbocycles. The van der Waals surface area contributed by atoms with Crippen molar-refractivity contribution in [2.24, 2.45) is 5.92 Å². The summed E-state index contributed by atoms with van der Waals surface area (Å²) in [5.41, 5.74) is 1.10. The van der Waals surface area contributed by atoms with Crippen LogP contribution in [0.25, 0.3) is 0 Å². The molecule has 0 bridgehead atoms. The summed E-state index contributed by atoms with van der Waals surface area (Å²) in [5, 5.41) is 6.38. The van der Waals surface area contributed by atoms with Crippen LogP contribution in [0.15, 0.2) is 24.3 Å². The predicted molar refractivity (Wildman–Crippen MR) is 75.7 cm³/mol. The van der Waals surface area contributed by atoms with Crippen LogP contribution in [0.4, 0.5) is 0 Å². The third-order valence-electron chi connectivity index (χ3n) is 3.71. The van der Waals surface area contributed by atoms with Gasteiger partial charge in [-0.3, -0.25) is 4.79 Å². The second kappa shape index (κ2) is 6.26. The molecule has 2 aliphatic heterocycles. The standard InChI is InChI=1S/C14H18N2O2.ClH/c17-14(10-5-7-15-9-10)16-12-6-8-18-13-4-2-1-3-11(12)13;/h1-4,10,12,15H,5-9H2,(H,16,17);1H. The number of benzene rings is 1. The van der Waals surface area contributed by atoms with Gasteiger partial charge in [0.2, 0.25) is 5.91 Å². The first-order chi connectivity index (χ1) is 8.84. The number of rotatable bonds is 2. The Bertz CT molecular complexity index is 447. The topological polar surface area (TPSA) is 50.4 Å². The van der Waals surface area contributed by atoms with Crippen LogP contribution < -0.4 is 15.4 Å². The molecule has 1 fully saturated rings. The molecule has 5 heteroatoms. The van der Waals surface area contributed by atoms with Crippen LogP contribution in [0.1, 0.15) is 24.4 Å². The zero-order valence-electron chi connectivity index (χ0n) is 10.7. The number of fused-ring (bicyclic) bond motifs is 1. The molecule has 2 unspecified atom stereocenters. The third-order valence-corrected chi connectivity index (χ3v) is 3.71. The van der Waals surface area contributed by atoms with Gasteiger partial charge in [-0.05, 0) is 19.0 Å². The lowest BCUT2D eigenvalue weighted by atomic mass is 9.99. The average Bonchev–Trinajstić information content (AvgIpc) is 2.93. The molecule has 1 aromatic rings. The largest absolute Gasteiger partial charge is 0.493 e. The molecule has 104 valence electrons. The minimum Gasteiger partial charge on any atom is -0.493 e. The lowest BCUT2D eigenvalue weighted by Gasteiger charge is -2.27. The molecule has 1 saturated heterocycles. The van der Waals surface area contributed by atoms with E-state index in [1.54, 1.807) is 0 Å². The van der Waals surface area contributed by atoms with E-state index >= 15 is 0 Å². The van der Waals surface area contributed by atoms with E-state index < -0.39 is 0 Å². The summed E-state index contributed by atoms with van der Waals surface area (Å²) >= 11 is 0. The first-order valence-corrected chi connectivity index (χ1v) is 6.57. The van der Waals surface area contributed by atoms with Gasteiger partial charge < -0.3 is 15.4 Å². The Morgan fingerprint density at radius 2 is 2.16 bits per heavy atom. The molecule has 0 aliphatic carbocycles. The molecule has 2 aliphatic rings. The van der Waals surface area contributed by atoms with Crippen molar-refractivity contribution in [3.8, 4) is 5.75 Å². The highest BCUT2D eigenvalue weighted by atomic mass is 35.5. The Kier molecular flexibility index (Phi) is 4.66. The molecule has 2 N–H and O–H groups in total. The highest BCUT2D eigenvalue weighted by Gasteiger charge is 2.27. The maximum Gasteiger partial charge on any atom is 0.224 e. The summed E-state index contributed by atoms with van der Waals surface area (Å²) in [6, 6.07) is 8.05. The van der Waals surface area contributed by atoms with Crippen molar-refractivity contribution >= 4 is 18.3 Å². The van der Waals surface area contributed by atoms with Gasteiger partial charge in [-0.2, -0.15) is 0 Å². The number of hydrogen-bond donors (Lipinski definition) is 2. The molecule has 4 nitrogen and oxygen atoms in total. The normalized spacial score (nSPS) is 24.8. The quantitative estimate of drug-likeness (QED) is 0.867. The summed E-state index contributed by atoms with van der Waals surface area (Å²) in [5.74, 6) is 1.19. The van der Waals surface area contributed by atoms with Crippen molar-refractivity contribution in [2.45, 2.75) is 18.9 Å². The van der Waals surface area contributed by atoms with Crippen molar-refractivity contribution in [3.05, 3.63) is 29.8 Å².